The van der Waals surface area contributed by atoms with Crippen LogP contribution in [0.3, 0.4) is 0 Å². The molecule has 1 aromatic carbocycles. The van der Waals surface area contributed by atoms with Crippen molar-refractivity contribution >= 4 is 16.5 Å². The number of rotatable bonds is 4. The Morgan fingerprint density at radius 2 is 2.06 bits per heavy atom. The van der Waals surface area contributed by atoms with Crippen LogP contribution in [0, 0.1) is 0 Å². The summed E-state index contributed by atoms with van der Waals surface area (Å²) in [5, 5.41) is 3.93. The fourth-order valence-corrected chi connectivity index (χ4v) is 2.37. The van der Waals surface area contributed by atoms with Crippen molar-refractivity contribution in [3.63, 3.8) is 0 Å². The SMILES string of the molecule is CCNCc1sc(N)nc1-c1ccccc1. The number of anilines is 1. The average molecular weight is 233 g/mol. The number of nitrogens with two attached hydrogens (primary N) is 1. The van der Waals surface area contributed by atoms with Gasteiger partial charge in [0.25, 0.3) is 0 Å². The van der Waals surface area contributed by atoms with Crippen LogP contribution >= 0.6 is 11.3 Å². The highest BCUT2D eigenvalue weighted by atomic mass is 32.1. The van der Waals surface area contributed by atoms with E-state index in [0.29, 0.717) is 5.13 Å². The number of aromatic nitrogens is 1. The number of thiazole rings is 1. The minimum absolute atomic E-state index is 0.631. The second-order valence-corrected chi connectivity index (χ2v) is 4.59. The standard InChI is InChI=1S/C12H15N3S/c1-2-14-8-10-11(15-12(13)16-10)9-6-4-3-5-7-9/h3-7,14H,2,8H2,1H3,(H2,13,15). The van der Waals surface area contributed by atoms with Crippen LogP contribution in [0.2, 0.25) is 0 Å². The largest absolute Gasteiger partial charge is 0.375 e. The van der Waals surface area contributed by atoms with Crippen molar-refractivity contribution < 1.29 is 0 Å². The summed E-state index contributed by atoms with van der Waals surface area (Å²) in [6.45, 7) is 3.87. The summed E-state index contributed by atoms with van der Waals surface area (Å²) in [4.78, 5) is 5.59. The summed E-state index contributed by atoms with van der Waals surface area (Å²) in [6.07, 6.45) is 0. The lowest BCUT2D eigenvalue weighted by atomic mass is 10.1. The molecule has 0 atom stereocenters. The van der Waals surface area contributed by atoms with Crippen LogP contribution in [0.4, 0.5) is 5.13 Å². The highest BCUT2D eigenvalue weighted by Crippen LogP contribution is 2.29. The molecule has 0 aliphatic heterocycles. The van der Waals surface area contributed by atoms with Crippen molar-refractivity contribution in [3.05, 3.63) is 35.2 Å². The summed E-state index contributed by atoms with van der Waals surface area (Å²) in [6, 6.07) is 10.2. The average Bonchev–Trinajstić information content (AvgIpc) is 2.69. The third-order valence-electron chi connectivity index (χ3n) is 2.30. The number of hydrogen-bond acceptors (Lipinski definition) is 4. The molecule has 0 amide bonds. The molecule has 3 nitrogen and oxygen atoms in total. The van der Waals surface area contributed by atoms with Gasteiger partial charge in [-0.3, -0.25) is 0 Å². The van der Waals surface area contributed by atoms with Crippen LogP contribution in [-0.2, 0) is 6.54 Å². The molecule has 0 unspecified atom stereocenters. The quantitative estimate of drug-likeness (QED) is 0.853. The zero-order valence-corrected chi connectivity index (χ0v) is 10.1. The Hall–Kier alpha value is -1.39. The maximum Gasteiger partial charge on any atom is 0.180 e. The maximum absolute atomic E-state index is 5.77. The molecule has 0 radical (unpaired) electrons. The van der Waals surface area contributed by atoms with Crippen molar-refractivity contribution in [1.29, 1.82) is 0 Å². The number of nitrogen functional groups attached to an aromatic ring is 1. The first kappa shape index (κ1) is 11.1. The molecule has 0 aliphatic carbocycles. The van der Waals surface area contributed by atoms with Gasteiger partial charge >= 0.3 is 0 Å². The van der Waals surface area contributed by atoms with E-state index in [-0.39, 0.29) is 0 Å². The van der Waals surface area contributed by atoms with Gasteiger partial charge in [-0.2, -0.15) is 0 Å². The first-order valence-corrected chi connectivity index (χ1v) is 6.14. The third kappa shape index (κ3) is 2.40. The summed E-state index contributed by atoms with van der Waals surface area (Å²) in [5.74, 6) is 0. The second-order valence-electron chi connectivity index (χ2n) is 3.47. The molecule has 16 heavy (non-hydrogen) atoms. The van der Waals surface area contributed by atoms with E-state index in [9.17, 15) is 0 Å². The third-order valence-corrected chi connectivity index (χ3v) is 3.18. The van der Waals surface area contributed by atoms with Gasteiger partial charge < -0.3 is 11.1 Å². The second kappa shape index (κ2) is 5.09. The van der Waals surface area contributed by atoms with Crippen LogP contribution in [0.5, 0.6) is 0 Å². The zero-order chi connectivity index (χ0) is 11.4. The molecule has 0 saturated carbocycles. The van der Waals surface area contributed by atoms with Crippen molar-refractivity contribution in [2.75, 3.05) is 12.3 Å². The van der Waals surface area contributed by atoms with Crippen LogP contribution in [-0.4, -0.2) is 11.5 Å². The summed E-state index contributed by atoms with van der Waals surface area (Å²) in [7, 11) is 0. The van der Waals surface area contributed by atoms with Gasteiger partial charge in [0, 0.05) is 17.0 Å². The van der Waals surface area contributed by atoms with Gasteiger partial charge in [-0.05, 0) is 6.54 Å². The summed E-state index contributed by atoms with van der Waals surface area (Å²) in [5.41, 5.74) is 7.90. The molecule has 1 heterocycles. The number of hydrogen-bond donors (Lipinski definition) is 2. The lowest BCUT2D eigenvalue weighted by molar-refractivity contribution is 0.735. The van der Waals surface area contributed by atoms with Gasteiger partial charge in [-0.25, -0.2) is 4.98 Å². The molecular weight excluding hydrogens is 218 g/mol. The van der Waals surface area contributed by atoms with Gasteiger partial charge in [0.2, 0.25) is 0 Å². The van der Waals surface area contributed by atoms with Crippen molar-refractivity contribution in [1.82, 2.24) is 10.3 Å². The molecule has 2 rings (SSSR count). The van der Waals surface area contributed by atoms with Crippen LogP contribution in [0.1, 0.15) is 11.8 Å². The maximum atomic E-state index is 5.77. The molecule has 4 heteroatoms. The molecule has 0 spiro atoms. The first-order valence-electron chi connectivity index (χ1n) is 5.32. The van der Waals surface area contributed by atoms with E-state index in [1.807, 2.05) is 18.2 Å². The Morgan fingerprint density at radius 3 is 2.75 bits per heavy atom. The predicted octanol–water partition coefficient (Wildman–Crippen LogP) is 2.50. The Kier molecular flexibility index (Phi) is 3.54. The zero-order valence-electron chi connectivity index (χ0n) is 9.23. The number of nitrogens with zero attached hydrogens (tertiary/aromatic N) is 1. The molecule has 1 aromatic heterocycles. The first-order chi connectivity index (χ1) is 7.81. The molecule has 0 aliphatic rings. The van der Waals surface area contributed by atoms with Gasteiger partial charge in [0.15, 0.2) is 5.13 Å². The predicted molar refractivity (Wildman–Crippen MR) is 69.3 cm³/mol. The molecule has 0 fully saturated rings. The Bertz CT molecular complexity index is 451. The topological polar surface area (TPSA) is 50.9 Å². The van der Waals surface area contributed by atoms with Crippen molar-refractivity contribution in [3.8, 4) is 11.3 Å². The van der Waals surface area contributed by atoms with Crippen LogP contribution in [0.25, 0.3) is 11.3 Å². The molecule has 0 saturated heterocycles. The fourth-order valence-electron chi connectivity index (χ4n) is 1.55. The van der Waals surface area contributed by atoms with E-state index in [0.717, 1.165) is 24.3 Å². The molecule has 84 valence electrons. The van der Waals surface area contributed by atoms with Gasteiger partial charge in [-0.15, -0.1) is 11.3 Å². The lowest BCUT2D eigenvalue weighted by Gasteiger charge is -2.02. The Morgan fingerprint density at radius 1 is 1.31 bits per heavy atom. The van der Waals surface area contributed by atoms with E-state index in [2.05, 4.69) is 29.4 Å². The number of benzene rings is 1. The van der Waals surface area contributed by atoms with Crippen molar-refractivity contribution in [2.24, 2.45) is 0 Å². The molecule has 3 N–H and O–H groups in total. The molecular formula is C12H15N3S. The van der Waals surface area contributed by atoms with E-state index >= 15 is 0 Å². The van der Waals surface area contributed by atoms with E-state index in [4.69, 9.17) is 5.73 Å². The summed E-state index contributed by atoms with van der Waals surface area (Å²) >= 11 is 1.55. The van der Waals surface area contributed by atoms with Crippen LogP contribution < -0.4 is 11.1 Å². The molecule has 2 aromatic rings. The van der Waals surface area contributed by atoms with Gasteiger partial charge in [-0.1, -0.05) is 37.3 Å². The smallest absolute Gasteiger partial charge is 0.180 e. The summed E-state index contributed by atoms with van der Waals surface area (Å²) < 4.78 is 0. The minimum Gasteiger partial charge on any atom is -0.375 e. The van der Waals surface area contributed by atoms with Gasteiger partial charge in [0.05, 0.1) is 5.69 Å². The molecule has 0 bridgehead atoms. The highest BCUT2D eigenvalue weighted by molar-refractivity contribution is 7.15. The Balaban J connectivity index is 2.33. The Labute approximate surface area is 99.3 Å². The lowest BCUT2D eigenvalue weighted by Crippen LogP contribution is -2.11. The fraction of sp³-hybridized carbons (Fsp3) is 0.250. The van der Waals surface area contributed by atoms with E-state index in [1.54, 1.807) is 11.3 Å². The number of nitrogens with one attached hydrogen (secondary N) is 1. The monoisotopic (exact) mass is 233 g/mol. The van der Waals surface area contributed by atoms with Crippen LogP contribution in [0.15, 0.2) is 30.3 Å². The normalized spacial score (nSPS) is 10.6. The van der Waals surface area contributed by atoms with Crippen molar-refractivity contribution in [2.45, 2.75) is 13.5 Å². The van der Waals surface area contributed by atoms with Gasteiger partial charge in [0.1, 0.15) is 0 Å². The van der Waals surface area contributed by atoms with E-state index in [1.165, 1.54) is 4.88 Å². The van der Waals surface area contributed by atoms with E-state index < -0.39 is 0 Å². The minimum atomic E-state index is 0.631. The highest BCUT2D eigenvalue weighted by Gasteiger charge is 2.10.